The molecule has 2 aliphatic heterocycles. The minimum absolute atomic E-state index is 0.0181. The number of phenolic OH excluding ortho intramolecular Hbond substituents is 1. The third-order valence-corrected chi connectivity index (χ3v) is 24.2. The number of nitrogens with two attached hydrogens (primary N) is 1. The van der Waals surface area contributed by atoms with E-state index in [0.717, 1.165) is 112 Å². The highest BCUT2D eigenvalue weighted by Crippen LogP contribution is 2.80. The van der Waals surface area contributed by atoms with Gasteiger partial charge in [-0.15, -0.1) is 0 Å². The van der Waals surface area contributed by atoms with E-state index < -0.39 is 39.1 Å². The van der Waals surface area contributed by atoms with Crippen LogP contribution in [0.2, 0.25) is 0 Å². The van der Waals surface area contributed by atoms with Gasteiger partial charge in [-0.3, -0.25) is 9.59 Å². The van der Waals surface area contributed by atoms with Crippen molar-refractivity contribution < 1.29 is 29.6 Å². The van der Waals surface area contributed by atoms with Crippen LogP contribution in [0, 0.1) is 63.1 Å². The summed E-state index contributed by atoms with van der Waals surface area (Å²) in [6.07, 6.45) is 17.8. The first-order chi connectivity index (χ1) is 34.2. The van der Waals surface area contributed by atoms with Crippen molar-refractivity contribution >= 4 is 17.3 Å². The molecule has 11 aliphatic rings. The number of carbonyl (C=O) groups is 2. The Bertz CT molecular complexity index is 2560. The van der Waals surface area contributed by atoms with Crippen molar-refractivity contribution in [1.82, 2.24) is 10.6 Å². The molecule has 7 N–H and O–H groups in total. The predicted octanol–water partition coefficient (Wildman–Crippen LogP) is 11.0. The van der Waals surface area contributed by atoms with Gasteiger partial charge in [0.2, 0.25) is 0 Å². The monoisotopic (exact) mass is 984 g/mol. The lowest BCUT2D eigenvalue weighted by Crippen LogP contribution is -2.75. The van der Waals surface area contributed by atoms with Crippen LogP contribution in [0.5, 0.6) is 5.75 Å². The fourth-order valence-corrected chi connectivity index (χ4v) is 21.5. The van der Waals surface area contributed by atoms with Crippen LogP contribution in [-0.2, 0) is 26.3 Å². The molecule has 9 heteroatoms. The van der Waals surface area contributed by atoms with Gasteiger partial charge in [-0.2, -0.15) is 0 Å². The Morgan fingerprint density at radius 2 is 1.65 bits per heavy atom. The number of Topliss-reactive ketones (excluding diaryl/α,β-unsaturated/α-hetero) is 2. The molecule has 0 spiro atoms. The molecular weight excluding hydrogens is 895 g/mol. The summed E-state index contributed by atoms with van der Waals surface area (Å²) in [5.41, 5.74) is 8.67. The summed E-state index contributed by atoms with van der Waals surface area (Å²) in [5, 5.41) is 44.1. The Morgan fingerprint density at radius 3 is 2.44 bits per heavy atom. The average Bonchev–Trinajstić information content (AvgIpc) is 3.68. The van der Waals surface area contributed by atoms with E-state index in [4.69, 9.17) is 10.5 Å². The van der Waals surface area contributed by atoms with Crippen LogP contribution in [-0.4, -0.2) is 69.4 Å². The molecule has 5 bridgehead atoms. The molecule has 9 aliphatic carbocycles. The number of aromatic hydroxyl groups is 1. The molecule has 0 amide bonds. The van der Waals surface area contributed by atoms with E-state index in [9.17, 15) is 15.3 Å². The Labute approximate surface area is 431 Å². The first-order valence-electron chi connectivity index (χ1n) is 29.2. The number of β-amino-alcohol motifs (C(OH)–C–C–N with tert-alkyl or cyclic N) is 1. The zero-order chi connectivity index (χ0) is 50.6. The van der Waals surface area contributed by atoms with Crippen LogP contribution in [0.25, 0.3) is 0 Å². The summed E-state index contributed by atoms with van der Waals surface area (Å²) >= 11 is 0. The van der Waals surface area contributed by atoms with Gasteiger partial charge < -0.3 is 36.4 Å². The molecule has 0 radical (unpaired) electrons. The summed E-state index contributed by atoms with van der Waals surface area (Å²) in [7, 11) is 1.93. The third kappa shape index (κ3) is 7.06. The van der Waals surface area contributed by atoms with Crippen LogP contribution in [0.1, 0.15) is 193 Å². The molecule has 72 heavy (non-hydrogen) atoms. The van der Waals surface area contributed by atoms with Crippen molar-refractivity contribution in [2.45, 2.75) is 217 Å². The van der Waals surface area contributed by atoms with E-state index in [1.54, 1.807) is 0 Å². The minimum atomic E-state index is -0.892. The second-order valence-electron chi connectivity index (χ2n) is 28.1. The molecule has 2 aromatic carbocycles. The number of benzene rings is 2. The number of aliphatic hydroxyl groups excluding tert-OH is 1. The summed E-state index contributed by atoms with van der Waals surface area (Å²) in [6.45, 7) is 15.3. The molecule has 9 nitrogen and oxygen atoms in total. The number of rotatable bonds is 8. The number of epoxide rings is 1. The molecule has 8 saturated carbocycles. The third-order valence-electron chi connectivity index (χ3n) is 24.2. The number of hydrogen-bond donors (Lipinski definition) is 6. The van der Waals surface area contributed by atoms with Gasteiger partial charge in [-0.1, -0.05) is 90.0 Å². The minimum Gasteiger partial charge on any atom is -0.508 e. The molecule has 392 valence electrons. The number of anilines is 1. The van der Waals surface area contributed by atoms with Gasteiger partial charge >= 0.3 is 0 Å². The Morgan fingerprint density at radius 1 is 0.861 bits per heavy atom. The largest absolute Gasteiger partial charge is 0.508 e. The van der Waals surface area contributed by atoms with Crippen molar-refractivity contribution in [2.24, 2.45) is 63.1 Å². The Hall–Kier alpha value is -3.08. The summed E-state index contributed by atoms with van der Waals surface area (Å²) in [4.78, 5) is 32.0. The van der Waals surface area contributed by atoms with Gasteiger partial charge in [0, 0.05) is 41.6 Å². The van der Waals surface area contributed by atoms with Crippen molar-refractivity contribution in [1.29, 1.82) is 0 Å². The highest BCUT2D eigenvalue weighted by atomic mass is 16.6. The Balaban J connectivity index is 0.960. The van der Waals surface area contributed by atoms with Gasteiger partial charge in [-0.25, -0.2) is 0 Å². The number of aliphatic hydroxyl groups is 2. The average molecular weight is 984 g/mol. The fourth-order valence-electron chi connectivity index (χ4n) is 21.5. The van der Waals surface area contributed by atoms with Crippen molar-refractivity contribution in [3.63, 3.8) is 0 Å². The van der Waals surface area contributed by atoms with E-state index in [1.165, 1.54) is 30.4 Å². The van der Waals surface area contributed by atoms with Crippen molar-refractivity contribution in [2.75, 3.05) is 19.3 Å². The maximum Gasteiger partial charge on any atom is 0.160 e. The van der Waals surface area contributed by atoms with Gasteiger partial charge in [0.05, 0.1) is 22.7 Å². The number of phenols is 1. The number of carbonyl (C=O) groups excluding carboxylic acids is 2. The zero-order valence-electron chi connectivity index (χ0n) is 45.0. The molecule has 13 rings (SSSR count). The van der Waals surface area contributed by atoms with Gasteiger partial charge in [-0.05, 0) is 209 Å². The van der Waals surface area contributed by atoms with Gasteiger partial charge in [0.1, 0.15) is 17.6 Å². The maximum absolute atomic E-state index is 16.2. The quantitative estimate of drug-likeness (QED) is 0.112. The van der Waals surface area contributed by atoms with Crippen molar-refractivity contribution in [3.8, 4) is 5.75 Å². The van der Waals surface area contributed by atoms with E-state index in [0.29, 0.717) is 67.6 Å². The Kier molecular flexibility index (Phi) is 11.7. The SMILES string of the molecule is CNCc1cc(O)cc(C23CCC45CC6(C)C(CCC7=C(C8C9CCCCC9CCC8C(O)C8OC8(C)C8CCCC8c8cccc(N)c8)C(=O)CC76C)C(C)(C2)C4C(C)(CCCCC(C)(O)CN5)C3=O)c1. The van der Waals surface area contributed by atoms with Crippen LogP contribution in [0.15, 0.2) is 53.6 Å². The lowest BCUT2D eigenvalue weighted by Gasteiger charge is -2.73. The highest BCUT2D eigenvalue weighted by molar-refractivity contribution is 6.01. The van der Waals surface area contributed by atoms with E-state index in [2.05, 4.69) is 69.5 Å². The number of allylic oxidation sites excluding steroid dienone is 2. The number of nitrogen functional groups attached to an aromatic ring is 1. The topological polar surface area (TPSA) is 157 Å². The van der Waals surface area contributed by atoms with Crippen LogP contribution in [0.4, 0.5) is 5.69 Å². The zero-order valence-corrected chi connectivity index (χ0v) is 45.0. The predicted molar refractivity (Wildman–Crippen MR) is 283 cm³/mol. The summed E-state index contributed by atoms with van der Waals surface area (Å²) in [6, 6.07) is 14.4. The molecule has 18 atom stereocenters. The molecule has 10 fully saturated rings. The standard InChI is InChI=1S/C63H89N3O6/c1-56(71)24-10-11-25-57(2)54-58(3)34-62(55(57)70,40-28-37(33-65-7)29-42(67)31-40)26-27-63(54,66-36-56)35-60(5)49(58)23-22-47-51(48(68)32-59(47,60)4)50-44-17-9-8-14-38(44)20-21-45(50)52(69)53-61(6,72-53)46-19-13-18-43(46)39-15-12-16-41(64)30-39/h12,15-16,28-31,38,43-46,49-50,52-54,65-67,69,71H,8-11,13-14,17-27,32-36,64H2,1-7H3. The fraction of sp³-hybridized carbons (Fsp3) is 0.746. The second kappa shape index (κ2) is 17.0. The molecule has 18 unspecified atom stereocenters. The highest BCUT2D eigenvalue weighted by Gasteiger charge is 2.79. The first-order valence-corrected chi connectivity index (χ1v) is 29.2. The molecule has 2 saturated heterocycles. The van der Waals surface area contributed by atoms with Crippen molar-refractivity contribution in [3.05, 3.63) is 70.3 Å². The van der Waals surface area contributed by atoms with E-state index in [-0.39, 0.29) is 46.4 Å². The number of ketones is 2. The number of nitrogens with one attached hydrogen (secondary N) is 2. The van der Waals surface area contributed by atoms with Crippen LogP contribution < -0.4 is 16.4 Å². The van der Waals surface area contributed by atoms with Crippen LogP contribution >= 0.6 is 0 Å². The normalized spacial score (nSPS) is 48.1. The summed E-state index contributed by atoms with van der Waals surface area (Å²) < 4.78 is 6.88. The first kappa shape index (κ1) is 49.8. The number of hydrogen-bond acceptors (Lipinski definition) is 9. The molecule has 2 aromatic rings. The molecular formula is C63H89N3O6. The smallest absolute Gasteiger partial charge is 0.160 e. The molecule has 2 heterocycles. The maximum atomic E-state index is 16.2. The van der Waals surface area contributed by atoms with E-state index in [1.807, 2.05) is 32.2 Å². The van der Waals surface area contributed by atoms with Crippen LogP contribution in [0.3, 0.4) is 0 Å². The molecule has 0 aromatic heterocycles. The second-order valence-corrected chi connectivity index (χ2v) is 28.1. The van der Waals surface area contributed by atoms with E-state index >= 15 is 9.59 Å². The number of fused-ring (bicyclic) bond motifs is 5. The lowest BCUT2D eigenvalue weighted by atomic mass is 9.31. The van der Waals surface area contributed by atoms with Gasteiger partial charge in [0.15, 0.2) is 5.78 Å². The van der Waals surface area contributed by atoms with Gasteiger partial charge in [0.25, 0.3) is 0 Å². The number of ether oxygens (including phenoxy) is 1. The lowest BCUT2D eigenvalue weighted by molar-refractivity contribution is -0.218. The summed E-state index contributed by atoms with van der Waals surface area (Å²) in [5.74, 6) is 2.77.